The van der Waals surface area contributed by atoms with Crippen molar-refractivity contribution in [2.75, 3.05) is 18.9 Å². The van der Waals surface area contributed by atoms with Gasteiger partial charge in [-0.05, 0) is 44.2 Å². The largest absolute Gasteiger partial charge is 0.349 e. The minimum Gasteiger partial charge on any atom is -0.349 e. The number of hydrogen-bond donors (Lipinski definition) is 3. The maximum atomic E-state index is 12.1. The van der Waals surface area contributed by atoms with Crippen molar-refractivity contribution in [1.82, 2.24) is 10.6 Å². The van der Waals surface area contributed by atoms with Crippen molar-refractivity contribution in [3.63, 3.8) is 0 Å². The number of nitrogens with one attached hydrogen (secondary N) is 3. The molecule has 1 aliphatic rings. The third kappa shape index (κ3) is 4.86. The van der Waals surface area contributed by atoms with E-state index in [0.717, 1.165) is 12.8 Å². The zero-order valence-corrected chi connectivity index (χ0v) is 12.4. The van der Waals surface area contributed by atoms with Crippen LogP contribution in [0, 0.1) is 0 Å². The van der Waals surface area contributed by atoms with Gasteiger partial charge in [0.05, 0.1) is 0 Å². The van der Waals surface area contributed by atoms with Gasteiger partial charge in [0.15, 0.2) is 0 Å². The summed E-state index contributed by atoms with van der Waals surface area (Å²) in [6, 6.07) is 7.34. The highest BCUT2D eigenvalue weighted by Crippen LogP contribution is 2.18. The van der Waals surface area contributed by atoms with Crippen LogP contribution < -0.4 is 16.0 Å². The molecule has 0 bridgehead atoms. The molecule has 5 nitrogen and oxygen atoms in total. The van der Waals surface area contributed by atoms with Gasteiger partial charge in [0.25, 0.3) is 5.91 Å². The second kappa shape index (κ2) is 7.78. The number of benzene rings is 1. The van der Waals surface area contributed by atoms with Crippen molar-refractivity contribution in [3.8, 4) is 0 Å². The van der Waals surface area contributed by atoms with Crippen molar-refractivity contribution in [2.45, 2.75) is 38.1 Å². The second-order valence-corrected chi connectivity index (χ2v) is 5.43. The summed E-state index contributed by atoms with van der Waals surface area (Å²) in [7, 11) is 1.81. The molecule has 0 atom stereocenters. The van der Waals surface area contributed by atoms with Crippen LogP contribution in [0.5, 0.6) is 0 Å². The lowest BCUT2D eigenvalue weighted by Crippen LogP contribution is -2.32. The van der Waals surface area contributed by atoms with Gasteiger partial charge in [-0.25, -0.2) is 0 Å². The maximum Gasteiger partial charge on any atom is 0.251 e. The number of anilines is 1. The Labute approximate surface area is 125 Å². The standard InChI is InChI=1S/C16H23N3O2/c1-17-11-10-15(20)18-14-8-6-12(7-9-14)16(21)19-13-4-2-3-5-13/h6-9,13,17H,2-5,10-11H2,1H3,(H,18,20)(H,19,21). The highest BCUT2D eigenvalue weighted by Gasteiger charge is 2.17. The first-order chi connectivity index (χ1) is 10.2. The fourth-order valence-electron chi connectivity index (χ4n) is 2.51. The van der Waals surface area contributed by atoms with Crippen LogP contribution in [0.2, 0.25) is 0 Å². The van der Waals surface area contributed by atoms with E-state index >= 15 is 0 Å². The van der Waals surface area contributed by atoms with Gasteiger partial charge in [-0.3, -0.25) is 9.59 Å². The minimum absolute atomic E-state index is 0.0324. The molecule has 2 amide bonds. The van der Waals surface area contributed by atoms with Crippen molar-refractivity contribution in [1.29, 1.82) is 0 Å². The quantitative estimate of drug-likeness (QED) is 0.749. The van der Waals surface area contributed by atoms with Crippen LogP contribution in [-0.2, 0) is 4.79 Å². The van der Waals surface area contributed by atoms with Crippen molar-refractivity contribution in [3.05, 3.63) is 29.8 Å². The summed E-state index contributed by atoms with van der Waals surface area (Å²) in [6.07, 6.45) is 4.97. The smallest absolute Gasteiger partial charge is 0.251 e. The highest BCUT2D eigenvalue weighted by atomic mass is 16.2. The van der Waals surface area contributed by atoms with Gasteiger partial charge in [0, 0.05) is 30.3 Å². The molecule has 0 saturated heterocycles. The number of carbonyl (C=O) groups is 2. The first-order valence-electron chi connectivity index (χ1n) is 7.54. The molecule has 0 radical (unpaired) electrons. The van der Waals surface area contributed by atoms with Crippen LogP contribution in [0.25, 0.3) is 0 Å². The van der Waals surface area contributed by atoms with E-state index in [1.807, 2.05) is 7.05 Å². The summed E-state index contributed by atoms with van der Waals surface area (Å²) < 4.78 is 0. The van der Waals surface area contributed by atoms with E-state index in [-0.39, 0.29) is 11.8 Å². The molecule has 2 rings (SSSR count). The predicted octanol–water partition coefficient (Wildman–Crippen LogP) is 1.91. The van der Waals surface area contributed by atoms with Gasteiger partial charge >= 0.3 is 0 Å². The van der Waals surface area contributed by atoms with E-state index in [0.29, 0.717) is 30.3 Å². The number of rotatable bonds is 6. The molecule has 1 aromatic carbocycles. The van der Waals surface area contributed by atoms with Gasteiger partial charge in [-0.1, -0.05) is 12.8 Å². The van der Waals surface area contributed by atoms with E-state index in [1.54, 1.807) is 24.3 Å². The average molecular weight is 289 g/mol. The molecule has 1 aromatic rings. The third-order valence-electron chi connectivity index (χ3n) is 3.72. The highest BCUT2D eigenvalue weighted by molar-refractivity contribution is 5.96. The normalized spacial score (nSPS) is 14.9. The first kappa shape index (κ1) is 15.5. The minimum atomic E-state index is -0.0347. The van der Waals surface area contributed by atoms with Crippen LogP contribution >= 0.6 is 0 Å². The summed E-state index contributed by atoms with van der Waals surface area (Å²) in [5.74, 6) is -0.0672. The summed E-state index contributed by atoms with van der Waals surface area (Å²) in [6.45, 7) is 0.647. The van der Waals surface area contributed by atoms with Gasteiger partial charge in [0.1, 0.15) is 0 Å². The summed E-state index contributed by atoms with van der Waals surface area (Å²) in [4.78, 5) is 23.7. The Morgan fingerprint density at radius 3 is 2.43 bits per heavy atom. The molecule has 1 fully saturated rings. The van der Waals surface area contributed by atoms with Crippen molar-refractivity contribution < 1.29 is 9.59 Å². The summed E-state index contributed by atoms with van der Waals surface area (Å²) >= 11 is 0. The topological polar surface area (TPSA) is 70.2 Å². The summed E-state index contributed by atoms with van der Waals surface area (Å²) in [5.41, 5.74) is 1.35. The van der Waals surface area contributed by atoms with E-state index in [9.17, 15) is 9.59 Å². The molecule has 0 spiro atoms. The predicted molar refractivity (Wildman–Crippen MR) is 83.3 cm³/mol. The monoisotopic (exact) mass is 289 g/mol. The maximum absolute atomic E-state index is 12.1. The van der Waals surface area contributed by atoms with E-state index in [4.69, 9.17) is 0 Å². The SMILES string of the molecule is CNCCC(=O)Nc1ccc(C(=O)NC2CCCC2)cc1. The molecule has 1 saturated carbocycles. The van der Waals surface area contributed by atoms with Crippen LogP contribution in [0.4, 0.5) is 5.69 Å². The lowest BCUT2D eigenvalue weighted by molar-refractivity contribution is -0.116. The Morgan fingerprint density at radius 2 is 1.81 bits per heavy atom. The third-order valence-corrected chi connectivity index (χ3v) is 3.72. The molecule has 114 valence electrons. The molecule has 0 unspecified atom stereocenters. The van der Waals surface area contributed by atoms with Crippen LogP contribution in [0.3, 0.4) is 0 Å². The fourth-order valence-corrected chi connectivity index (χ4v) is 2.51. The first-order valence-corrected chi connectivity index (χ1v) is 7.54. The zero-order chi connectivity index (χ0) is 15.1. The Bertz CT molecular complexity index is 479. The Hall–Kier alpha value is -1.88. The molecular weight excluding hydrogens is 266 g/mol. The second-order valence-electron chi connectivity index (χ2n) is 5.43. The fraction of sp³-hybridized carbons (Fsp3) is 0.500. The van der Waals surface area contributed by atoms with Gasteiger partial charge in [-0.2, -0.15) is 0 Å². The molecule has 0 heterocycles. The lowest BCUT2D eigenvalue weighted by atomic mass is 10.1. The van der Waals surface area contributed by atoms with Crippen LogP contribution in [-0.4, -0.2) is 31.4 Å². The van der Waals surface area contributed by atoms with Gasteiger partial charge in [-0.15, -0.1) is 0 Å². The number of amides is 2. The molecular formula is C16H23N3O2. The lowest BCUT2D eigenvalue weighted by Gasteiger charge is -2.12. The van der Waals surface area contributed by atoms with Crippen LogP contribution in [0.1, 0.15) is 42.5 Å². The van der Waals surface area contributed by atoms with Crippen molar-refractivity contribution in [2.24, 2.45) is 0 Å². The Balaban J connectivity index is 1.85. The molecule has 5 heteroatoms. The van der Waals surface area contributed by atoms with Gasteiger partial charge in [0.2, 0.25) is 5.91 Å². The Kier molecular flexibility index (Phi) is 5.75. The van der Waals surface area contributed by atoms with Gasteiger partial charge < -0.3 is 16.0 Å². The Morgan fingerprint density at radius 1 is 1.14 bits per heavy atom. The molecule has 0 aliphatic heterocycles. The molecule has 1 aliphatic carbocycles. The molecule has 21 heavy (non-hydrogen) atoms. The molecule has 0 aromatic heterocycles. The number of hydrogen-bond acceptors (Lipinski definition) is 3. The van der Waals surface area contributed by atoms with E-state index in [1.165, 1.54) is 12.8 Å². The number of carbonyl (C=O) groups excluding carboxylic acids is 2. The zero-order valence-electron chi connectivity index (χ0n) is 12.4. The molecule has 3 N–H and O–H groups in total. The average Bonchev–Trinajstić information content (AvgIpc) is 2.98. The van der Waals surface area contributed by atoms with E-state index in [2.05, 4.69) is 16.0 Å². The van der Waals surface area contributed by atoms with Crippen LogP contribution in [0.15, 0.2) is 24.3 Å². The summed E-state index contributed by atoms with van der Waals surface area (Å²) in [5, 5.41) is 8.78. The van der Waals surface area contributed by atoms with Crippen molar-refractivity contribution >= 4 is 17.5 Å². The van der Waals surface area contributed by atoms with E-state index < -0.39 is 0 Å².